The van der Waals surface area contributed by atoms with Crippen LogP contribution < -0.4 is 82.6 Å². The zero-order chi connectivity index (χ0) is 21.5. The van der Waals surface area contributed by atoms with Crippen molar-refractivity contribution in [1.82, 2.24) is 19.5 Å². The molecule has 14 heteroatoms. The first-order chi connectivity index (χ1) is 14.5. The molecule has 1 aromatic carbocycles. The van der Waals surface area contributed by atoms with Gasteiger partial charge in [0.1, 0.15) is 39.3 Å². The molecule has 0 radical (unpaired) electrons. The van der Waals surface area contributed by atoms with Gasteiger partial charge in [-0.25, -0.2) is 9.78 Å². The summed E-state index contributed by atoms with van der Waals surface area (Å²) in [5, 5.41) is 6.89. The molecule has 1 aromatic rings. The predicted molar refractivity (Wildman–Crippen MR) is 115 cm³/mol. The smallest absolute Gasteiger partial charge is 0.349 e. The number of hydrogen-bond donors (Lipinski definition) is 5. The zero-order valence-corrected chi connectivity index (χ0v) is 22.4. The maximum atomic E-state index is 12.3. The number of halogens is 4. The summed E-state index contributed by atoms with van der Waals surface area (Å²) in [6, 6.07) is 4.04. The van der Waals surface area contributed by atoms with Crippen LogP contribution in [-0.4, -0.2) is 65.3 Å². The van der Waals surface area contributed by atoms with Crippen LogP contribution in [0.3, 0.4) is 0 Å². The molecule has 0 aliphatic carbocycles. The highest BCUT2D eigenvalue weighted by Crippen LogP contribution is 2.23. The summed E-state index contributed by atoms with van der Waals surface area (Å²) < 4.78 is 1.95. The summed E-state index contributed by atoms with van der Waals surface area (Å²) in [5.74, 6) is 0.348. The zero-order valence-electron chi connectivity index (χ0n) is 19.4. The molecule has 34 heavy (non-hydrogen) atoms. The summed E-state index contributed by atoms with van der Waals surface area (Å²) in [5.41, 5.74) is 6.80. The summed E-state index contributed by atoms with van der Waals surface area (Å²) >= 11 is 0. The Morgan fingerprint density at radius 2 is 1.44 bits per heavy atom. The van der Waals surface area contributed by atoms with E-state index in [1.807, 2.05) is 24.5 Å². The molecule has 0 bridgehead atoms. The van der Waals surface area contributed by atoms with E-state index in [1.165, 1.54) is 0 Å². The molecular formula is C20H36Cl4N8O2. The second-order valence-corrected chi connectivity index (χ2v) is 7.68. The Balaban J connectivity index is -0.00000205. The molecule has 0 spiro atoms. The van der Waals surface area contributed by atoms with Crippen LogP contribution in [0.25, 0.3) is 22.6 Å². The Labute approximate surface area is 224 Å². The lowest BCUT2D eigenvalue weighted by Crippen LogP contribution is -3.00. The Bertz CT molecular complexity index is 1100. The predicted octanol–water partition coefficient (Wildman–Crippen LogP) is -16.6. The first-order valence-electron chi connectivity index (χ1n) is 10.7. The van der Waals surface area contributed by atoms with Crippen molar-refractivity contribution < 1.29 is 72.7 Å². The van der Waals surface area contributed by atoms with E-state index in [0.29, 0.717) is 12.4 Å². The number of fused-ring (bicyclic) bond motifs is 2. The third-order valence-electron chi connectivity index (χ3n) is 5.34. The largest absolute Gasteiger partial charge is 1.00 e. The lowest BCUT2D eigenvalue weighted by Gasteiger charge is -2.17. The van der Waals surface area contributed by atoms with Gasteiger partial charge in [0.05, 0.1) is 24.1 Å². The maximum absolute atomic E-state index is 12.3. The van der Waals surface area contributed by atoms with Gasteiger partial charge in [0.15, 0.2) is 11.5 Å². The van der Waals surface area contributed by atoms with Crippen LogP contribution in [0.4, 0.5) is 0 Å². The SMILES string of the molecule is Cc1cc2nc3c(=O)[nH]c(=O)nc-3n(CC[NH2+]CC[NH2+]CC[NH2+]CC[NH3+])c2cc1C.[Cl-].[Cl-].[Cl-].[Cl-].[HH]. The van der Waals surface area contributed by atoms with Gasteiger partial charge in [-0.1, -0.05) is 0 Å². The molecular weight excluding hydrogens is 526 g/mol. The lowest BCUT2D eigenvalue weighted by molar-refractivity contribution is -0.752. The summed E-state index contributed by atoms with van der Waals surface area (Å²) in [6.07, 6.45) is 0. The van der Waals surface area contributed by atoms with Crippen LogP contribution in [-0.2, 0) is 6.54 Å². The van der Waals surface area contributed by atoms with Crippen molar-refractivity contribution in [1.29, 1.82) is 0 Å². The number of H-pyrrole nitrogens is 1. The van der Waals surface area contributed by atoms with E-state index in [2.05, 4.69) is 42.7 Å². The Morgan fingerprint density at radius 3 is 2.06 bits per heavy atom. The van der Waals surface area contributed by atoms with E-state index in [0.717, 1.165) is 68.0 Å². The highest BCUT2D eigenvalue weighted by atomic mass is 35.5. The molecule has 0 unspecified atom stereocenters. The minimum Gasteiger partial charge on any atom is -1.00 e. The number of aryl methyl sites for hydroxylation is 2. The molecule has 0 amide bonds. The number of nitrogens with zero attached hydrogens (tertiary/aromatic N) is 3. The number of nitrogens with two attached hydrogens (primary N) is 3. The minimum atomic E-state index is -0.638. The van der Waals surface area contributed by atoms with Gasteiger partial charge in [-0.15, -0.1) is 0 Å². The van der Waals surface area contributed by atoms with Crippen molar-refractivity contribution >= 4 is 11.0 Å². The summed E-state index contributed by atoms with van der Waals surface area (Å²) in [4.78, 5) is 34.9. The number of aromatic amines is 1. The minimum absolute atomic E-state index is 0. The Hall–Kier alpha value is -1.50. The van der Waals surface area contributed by atoms with Gasteiger partial charge < -0.3 is 75.9 Å². The molecule has 2 heterocycles. The normalized spacial score (nSPS) is 10.2. The van der Waals surface area contributed by atoms with Crippen molar-refractivity contribution in [3.63, 3.8) is 0 Å². The van der Waals surface area contributed by atoms with Crippen molar-refractivity contribution in [2.75, 3.05) is 45.8 Å². The topological polar surface area (TPSA) is 158 Å². The lowest BCUT2D eigenvalue weighted by atomic mass is 10.1. The molecule has 0 saturated heterocycles. The Morgan fingerprint density at radius 1 is 0.882 bits per heavy atom. The average Bonchev–Trinajstić information content (AvgIpc) is 2.70. The quantitative estimate of drug-likeness (QED) is 0.116. The van der Waals surface area contributed by atoms with Gasteiger partial charge in [0, 0.05) is 1.43 Å². The van der Waals surface area contributed by atoms with E-state index in [1.54, 1.807) is 0 Å². The molecule has 2 aliphatic rings. The Kier molecular flexibility index (Phi) is 17.3. The first kappa shape index (κ1) is 34.7. The van der Waals surface area contributed by atoms with Gasteiger partial charge >= 0.3 is 5.69 Å². The number of benzene rings is 1. The fourth-order valence-electron chi connectivity index (χ4n) is 3.55. The van der Waals surface area contributed by atoms with Gasteiger partial charge in [0.2, 0.25) is 0 Å². The standard InChI is InChI=1S/C20H30N8O2.4ClH.H2/c1-13-11-15-16(12-14(13)2)28(18-17(25-15)19(29)27-20(30)26-18)10-9-24-8-7-23-6-5-22-4-3-21;;;;;/h11-12,22-24H,3-10,21H2,1-2H3,(H,27,29,30);5*1H. The fourth-order valence-corrected chi connectivity index (χ4v) is 3.55. The molecule has 10 N–H and O–H groups in total. The van der Waals surface area contributed by atoms with Gasteiger partial charge in [-0.3, -0.25) is 9.78 Å². The molecule has 196 valence electrons. The van der Waals surface area contributed by atoms with E-state index in [-0.39, 0.29) is 56.7 Å². The molecule has 3 rings (SSSR count). The molecule has 0 aromatic heterocycles. The molecule has 10 nitrogen and oxygen atoms in total. The van der Waals surface area contributed by atoms with Crippen LogP contribution >= 0.6 is 0 Å². The molecule has 0 saturated carbocycles. The van der Waals surface area contributed by atoms with Crippen LogP contribution in [0.15, 0.2) is 21.7 Å². The van der Waals surface area contributed by atoms with Crippen LogP contribution in [0.1, 0.15) is 12.6 Å². The average molecular weight is 562 g/mol. The highest BCUT2D eigenvalue weighted by molar-refractivity contribution is 5.81. The van der Waals surface area contributed by atoms with E-state index in [4.69, 9.17) is 0 Å². The van der Waals surface area contributed by atoms with Gasteiger partial charge in [-0.2, -0.15) is 4.98 Å². The second-order valence-electron chi connectivity index (χ2n) is 7.68. The molecule has 0 fully saturated rings. The van der Waals surface area contributed by atoms with Crippen molar-refractivity contribution in [2.45, 2.75) is 20.4 Å². The van der Waals surface area contributed by atoms with E-state index in [9.17, 15) is 9.59 Å². The third kappa shape index (κ3) is 8.94. The summed E-state index contributed by atoms with van der Waals surface area (Å²) in [6.45, 7) is 11.9. The number of quaternary nitrogens is 4. The fraction of sp³-hybridized carbons (Fsp3) is 0.500. The van der Waals surface area contributed by atoms with Crippen LogP contribution in [0.2, 0.25) is 0 Å². The van der Waals surface area contributed by atoms with Gasteiger partial charge in [0.25, 0.3) is 5.56 Å². The van der Waals surface area contributed by atoms with Crippen LogP contribution in [0, 0.1) is 13.8 Å². The second kappa shape index (κ2) is 17.0. The molecule has 2 aliphatic heterocycles. The van der Waals surface area contributed by atoms with Crippen molar-refractivity contribution in [3.8, 4) is 11.5 Å². The van der Waals surface area contributed by atoms with Crippen molar-refractivity contribution in [2.24, 2.45) is 0 Å². The number of aromatic nitrogens is 4. The van der Waals surface area contributed by atoms with Crippen LogP contribution in [0.5, 0.6) is 0 Å². The van der Waals surface area contributed by atoms with E-state index >= 15 is 0 Å². The number of rotatable bonds is 11. The highest BCUT2D eigenvalue weighted by Gasteiger charge is 2.19. The van der Waals surface area contributed by atoms with Gasteiger partial charge in [-0.05, 0) is 37.1 Å². The summed E-state index contributed by atoms with van der Waals surface area (Å²) in [7, 11) is 0. The maximum Gasteiger partial charge on any atom is 0.349 e. The number of hydrogen-bond acceptors (Lipinski definition) is 4. The first-order valence-corrected chi connectivity index (χ1v) is 10.7. The third-order valence-corrected chi connectivity index (χ3v) is 5.34. The number of nitrogens with one attached hydrogen (secondary N) is 1. The van der Waals surface area contributed by atoms with Crippen molar-refractivity contribution in [3.05, 3.63) is 44.1 Å². The monoisotopic (exact) mass is 560 g/mol. The van der Waals surface area contributed by atoms with E-state index < -0.39 is 11.2 Å². The molecule has 0 atom stereocenters.